The Morgan fingerprint density at radius 3 is 2.57 bits per heavy atom. The van der Waals surface area contributed by atoms with Crippen LogP contribution >= 0.6 is 0 Å². The first-order valence-corrected chi connectivity index (χ1v) is 11.1. The molecule has 1 aromatic rings. The predicted octanol–water partition coefficient (Wildman–Crippen LogP) is 1.83. The molecule has 7 heteroatoms. The molecule has 1 atom stereocenters. The largest absolute Gasteiger partial charge is 0.355 e. The Morgan fingerprint density at radius 1 is 1.17 bits per heavy atom. The second-order valence-electron chi connectivity index (χ2n) is 8.61. The minimum atomic E-state index is -0.292. The maximum absolute atomic E-state index is 13.0. The first-order valence-electron chi connectivity index (χ1n) is 11.1. The van der Waals surface area contributed by atoms with Crippen LogP contribution in [0, 0.1) is 5.92 Å². The predicted molar refractivity (Wildman–Crippen MR) is 117 cm³/mol. The Morgan fingerprint density at radius 2 is 1.90 bits per heavy atom. The van der Waals surface area contributed by atoms with E-state index in [9.17, 15) is 14.4 Å². The van der Waals surface area contributed by atoms with Crippen molar-refractivity contribution in [3.63, 3.8) is 0 Å². The van der Waals surface area contributed by atoms with Crippen LogP contribution in [0.5, 0.6) is 0 Å². The van der Waals surface area contributed by atoms with E-state index in [0.717, 1.165) is 12.1 Å². The van der Waals surface area contributed by atoms with Crippen LogP contribution < -0.4 is 10.2 Å². The fourth-order valence-electron chi connectivity index (χ4n) is 4.08. The van der Waals surface area contributed by atoms with Crippen molar-refractivity contribution in [3.05, 3.63) is 29.8 Å². The molecule has 0 aliphatic carbocycles. The Kier molecular flexibility index (Phi) is 7.48. The lowest BCUT2D eigenvalue weighted by Crippen LogP contribution is -2.52. The molecule has 2 fully saturated rings. The van der Waals surface area contributed by atoms with Gasteiger partial charge in [0, 0.05) is 51.4 Å². The van der Waals surface area contributed by atoms with E-state index in [1.807, 2.05) is 24.0 Å². The van der Waals surface area contributed by atoms with Crippen molar-refractivity contribution in [1.29, 1.82) is 0 Å². The maximum atomic E-state index is 13.0. The van der Waals surface area contributed by atoms with E-state index in [4.69, 9.17) is 0 Å². The highest BCUT2D eigenvalue weighted by atomic mass is 16.2. The summed E-state index contributed by atoms with van der Waals surface area (Å²) in [5.41, 5.74) is 2.07. The third-order valence-electron chi connectivity index (χ3n) is 5.95. The maximum Gasteiger partial charge on any atom is 0.234 e. The zero-order chi connectivity index (χ0) is 21.7. The van der Waals surface area contributed by atoms with E-state index < -0.39 is 0 Å². The molecule has 2 aliphatic heterocycles. The molecule has 1 N–H and O–H groups in total. The molecule has 30 heavy (non-hydrogen) atoms. The summed E-state index contributed by atoms with van der Waals surface area (Å²) in [7, 11) is 0. The molecule has 2 heterocycles. The summed E-state index contributed by atoms with van der Waals surface area (Å²) in [6.07, 6.45) is 1.19. The number of benzene rings is 1. The second kappa shape index (κ2) is 10.1. The van der Waals surface area contributed by atoms with Crippen molar-refractivity contribution in [2.45, 2.75) is 39.5 Å². The van der Waals surface area contributed by atoms with Crippen LogP contribution in [0.3, 0.4) is 0 Å². The van der Waals surface area contributed by atoms with E-state index in [0.29, 0.717) is 51.7 Å². The van der Waals surface area contributed by atoms with E-state index in [1.54, 1.807) is 4.90 Å². The smallest absolute Gasteiger partial charge is 0.234 e. The van der Waals surface area contributed by atoms with E-state index in [1.165, 1.54) is 5.56 Å². The van der Waals surface area contributed by atoms with Crippen molar-refractivity contribution in [3.8, 4) is 0 Å². The molecule has 2 aliphatic rings. The fourth-order valence-corrected chi connectivity index (χ4v) is 4.08. The molecule has 0 spiro atoms. The van der Waals surface area contributed by atoms with Crippen LogP contribution in [0.4, 0.5) is 5.69 Å². The molecule has 7 nitrogen and oxygen atoms in total. The fraction of sp³-hybridized carbons (Fsp3) is 0.609. The quantitative estimate of drug-likeness (QED) is 0.739. The van der Waals surface area contributed by atoms with Gasteiger partial charge in [0.1, 0.15) is 0 Å². The molecular weight excluding hydrogens is 380 g/mol. The van der Waals surface area contributed by atoms with Crippen LogP contribution in [0.2, 0.25) is 0 Å². The third kappa shape index (κ3) is 5.39. The zero-order valence-corrected chi connectivity index (χ0v) is 18.4. The lowest BCUT2D eigenvalue weighted by molar-refractivity contribution is -0.137. The van der Waals surface area contributed by atoms with Gasteiger partial charge in [-0.25, -0.2) is 0 Å². The summed E-state index contributed by atoms with van der Waals surface area (Å²) in [6, 6.07) is 8.04. The van der Waals surface area contributed by atoms with Gasteiger partial charge in [-0.15, -0.1) is 0 Å². The van der Waals surface area contributed by atoms with Gasteiger partial charge in [0.2, 0.25) is 17.7 Å². The summed E-state index contributed by atoms with van der Waals surface area (Å²) in [5.74, 6) is 0.207. The number of nitrogens with zero attached hydrogens (tertiary/aromatic N) is 3. The average molecular weight is 415 g/mol. The molecule has 2 saturated heterocycles. The van der Waals surface area contributed by atoms with Gasteiger partial charge in [-0.05, 0) is 30.0 Å². The minimum Gasteiger partial charge on any atom is -0.355 e. The van der Waals surface area contributed by atoms with Crippen molar-refractivity contribution in [2.24, 2.45) is 5.92 Å². The summed E-state index contributed by atoms with van der Waals surface area (Å²) < 4.78 is 0. The first-order chi connectivity index (χ1) is 14.4. The lowest BCUT2D eigenvalue weighted by Gasteiger charge is -2.35. The molecule has 164 valence electrons. The number of hydrogen-bond donors (Lipinski definition) is 1. The Balaban J connectivity index is 1.53. The highest BCUT2D eigenvalue weighted by molar-refractivity contribution is 6.00. The van der Waals surface area contributed by atoms with Crippen LogP contribution in [0.1, 0.15) is 45.1 Å². The van der Waals surface area contributed by atoms with Gasteiger partial charge < -0.3 is 15.1 Å². The van der Waals surface area contributed by atoms with Gasteiger partial charge in [-0.2, -0.15) is 0 Å². The van der Waals surface area contributed by atoms with Crippen molar-refractivity contribution >= 4 is 23.4 Å². The highest BCUT2D eigenvalue weighted by Gasteiger charge is 2.38. The van der Waals surface area contributed by atoms with Crippen LogP contribution in [0.15, 0.2) is 24.3 Å². The van der Waals surface area contributed by atoms with Crippen LogP contribution in [0.25, 0.3) is 0 Å². The SMILES string of the molecule is CCCNC(=O)CN1CCN(C(=O)C2CC(=O)N(c3cccc(C(C)C)c3)C2)CC1. The lowest BCUT2D eigenvalue weighted by atomic mass is 10.0. The second-order valence-corrected chi connectivity index (χ2v) is 8.61. The minimum absolute atomic E-state index is 0.0143. The monoisotopic (exact) mass is 414 g/mol. The normalized spacial score (nSPS) is 20.1. The van der Waals surface area contributed by atoms with Crippen molar-refractivity contribution in [1.82, 2.24) is 15.1 Å². The topological polar surface area (TPSA) is 73.0 Å². The van der Waals surface area contributed by atoms with Crippen molar-refractivity contribution in [2.75, 3.05) is 50.7 Å². The summed E-state index contributed by atoms with van der Waals surface area (Å²) in [4.78, 5) is 43.2. The van der Waals surface area contributed by atoms with Crippen LogP contribution in [-0.2, 0) is 14.4 Å². The molecule has 0 saturated carbocycles. The number of hydrogen-bond acceptors (Lipinski definition) is 4. The molecule has 3 amide bonds. The number of anilines is 1. The van der Waals surface area contributed by atoms with Gasteiger partial charge in [0.25, 0.3) is 0 Å². The molecule has 3 rings (SSSR count). The van der Waals surface area contributed by atoms with Crippen LogP contribution in [-0.4, -0.2) is 73.3 Å². The summed E-state index contributed by atoms with van der Waals surface area (Å²) >= 11 is 0. The number of piperazine rings is 1. The highest BCUT2D eigenvalue weighted by Crippen LogP contribution is 2.29. The molecule has 1 aromatic carbocycles. The number of carbonyl (C=O) groups is 3. The van der Waals surface area contributed by atoms with Gasteiger partial charge in [0.15, 0.2) is 0 Å². The first kappa shape index (κ1) is 22.3. The van der Waals surface area contributed by atoms with Gasteiger partial charge in [-0.1, -0.05) is 32.9 Å². The van der Waals surface area contributed by atoms with E-state index >= 15 is 0 Å². The third-order valence-corrected chi connectivity index (χ3v) is 5.95. The molecule has 1 unspecified atom stereocenters. The average Bonchev–Trinajstić information content (AvgIpc) is 3.14. The van der Waals surface area contributed by atoms with Gasteiger partial charge in [0.05, 0.1) is 12.5 Å². The number of amides is 3. The van der Waals surface area contributed by atoms with Crippen molar-refractivity contribution < 1.29 is 14.4 Å². The summed E-state index contributed by atoms with van der Waals surface area (Å²) in [5, 5.41) is 2.89. The van der Waals surface area contributed by atoms with Gasteiger partial charge >= 0.3 is 0 Å². The van der Waals surface area contributed by atoms with E-state index in [-0.39, 0.29) is 30.1 Å². The Bertz CT molecular complexity index is 771. The summed E-state index contributed by atoms with van der Waals surface area (Å²) in [6.45, 7) is 10.4. The number of nitrogens with one attached hydrogen (secondary N) is 1. The number of carbonyl (C=O) groups excluding carboxylic acids is 3. The Labute approximate surface area is 179 Å². The molecule has 0 bridgehead atoms. The number of rotatable bonds is 7. The molecule has 0 aromatic heterocycles. The van der Waals surface area contributed by atoms with E-state index in [2.05, 4.69) is 36.2 Å². The Hall–Kier alpha value is -2.41. The van der Waals surface area contributed by atoms with Gasteiger partial charge in [-0.3, -0.25) is 19.3 Å². The standard InChI is InChI=1S/C23H34N4O3/c1-4-8-24-21(28)16-25-9-11-26(12-10-25)23(30)19-14-22(29)27(15-19)20-7-5-6-18(13-20)17(2)3/h5-7,13,17,19H,4,8-12,14-16H2,1-3H3,(H,24,28). The molecule has 0 radical (unpaired) electrons. The zero-order valence-electron chi connectivity index (χ0n) is 18.4. The molecular formula is C23H34N4O3.